The molecule has 0 rings (SSSR count). The third-order valence-corrected chi connectivity index (χ3v) is 1.16. The number of carbonyl (C=O) groups excluding carboxylic acids is 1. The minimum Gasteiger partial charge on any atom is -1.00 e. The Hall–Kier alpha value is 4.09. The van der Waals surface area contributed by atoms with Crippen molar-refractivity contribution in [2.45, 2.75) is 0 Å². The summed E-state index contributed by atoms with van der Waals surface area (Å²) in [4.78, 5) is 41.7. The van der Waals surface area contributed by atoms with E-state index in [1.807, 2.05) is 0 Å². The van der Waals surface area contributed by atoms with Gasteiger partial charge in [-0.15, -0.1) is 0 Å². The molecule has 16 heavy (non-hydrogen) atoms. The number of carbonyl (C=O) groups is 1. The van der Waals surface area contributed by atoms with Crippen molar-refractivity contribution in [3.05, 3.63) is 0 Å². The summed E-state index contributed by atoms with van der Waals surface area (Å²) in [5.74, 6) is 0. The molecule has 15 heteroatoms. The zero-order chi connectivity index (χ0) is 9.99. The van der Waals surface area contributed by atoms with Crippen molar-refractivity contribution >= 4 is 97.3 Å². The fourth-order valence-electron chi connectivity index (χ4n) is 0.211. The van der Waals surface area contributed by atoms with Crippen LogP contribution in [0, 0.1) is 0 Å². The third-order valence-electron chi connectivity index (χ3n) is 0.387. The Labute approximate surface area is 203 Å². The molecule has 0 unspecified atom stereocenters. The second-order valence-corrected chi connectivity index (χ2v) is 3.74. The molecule has 9 nitrogen and oxygen atoms in total. The molecule has 0 aromatic rings. The number of hydrogen-bond acceptors (Lipinski definition) is 5. The summed E-state index contributed by atoms with van der Waals surface area (Å²) < 4.78 is 25.9. The quantitative estimate of drug-likeness (QED) is 0.280. The standard InChI is InChI=1S/CH4O9P2.2Ca.2Na.6H/c2-1(9-11(3,4)5)10-12(6,7)8;;;;;;;;;;/h(H2,3,4,5)(H2,6,7,8);;;;;;;;;;/q;2*+2;2*+1;6*-1. The van der Waals surface area contributed by atoms with Crippen LogP contribution in [0.4, 0.5) is 4.79 Å². The SMILES string of the molecule is O=C(OP(=O)(O)O)OP(=O)(O)O.[Ca+2].[Ca+2].[H-].[H-].[H-].[H-].[H-].[H-].[Na+].[Na+]. The van der Waals surface area contributed by atoms with E-state index < -0.39 is 21.8 Å². The fourth-order valence-corrected chi connectivity index (χ4v) is 0.733. The van der Waals surface area contributed by atoms with Gasteiger partial charge >= 0.3 is 156 Å². The van der Waals surface area contributed by atoms with Crippen LogP contribution in [0.3, 0.4) is 0 Å². The van der Waals surface area contributed by atoms with Gasteiger partial charge in [0, 0.05) is 0 Å². The van der Waals surface area contributed by atoms with Crippen molar-refractivity contribution in [2.24, 2.45) is 0 Å². The molecule has 0 heterocycles. The first-order valence-electron chi connectivity index (χ1n) is 2.14. The average Bonchev–Trinajstić information content (AvgIpc) is 1.49. The molecule has 4 N–H and O–H groups in total. The molecule has 0 aromatic heterocycles. The van der Waals surface area contributed by atoms with E-state index in [1.54, 1.807) is 0 Å². The maximum absolute atomic E-state index is 10.0. The molecule has 0 bridgehead atoms. The van der Waals surface area contributed by atoms with Crippen molar-refractivity contribution in [1.29, 1.82) is 0 Å². The van der Waals surface area contributed by atoms with Gasteiger partial charge in [-0.05, 0) is 0 Å². The Morgan fingerprint density at radius 3 is 1.19 bits per heavy atom. The Morgan fingerprint density at radius 1 is 0.875 bits per heavy atom. The molecule has 0 saturated heterocycles. The molecule has 0 aromatic carbocycles. The molecule has 0 aliphatic rings. The van der Waals surface area contributed by atoms with E-state index in [0.717, 1.165) is 0 Å². The first-order chi connectivity index (χ1) is 5.10. The maximum atomic E-state index is 10.0. The van der Waals surface area contributed by atoms with Gasteiger partial charge in [0.05, 0.1) is 0 Å². The van der Waals surface area contributed by atoms with Crippen LogP contribution in [-0.4, -0.2) is 101 Å². The van der Waals surface area contributed by atoms with Crippen LogP contribution in [0.1, 0.15) is 8.56 Å². The number of rotatable bonds is 2. The first-order valence-corrected chi connectivity index (χ1v) is 5.20. The van der Waals surface area contributed by atoms with Gasteiger partial charge in [0.1, 0.15) is 0 Å². The maximum Gasteiger partial charge on any atom is 2.00 e. The van der Waals surface area contributed by atoms with Crippen LogP contribution >= 0.6 is 15.6 Å². The summed E-state index contributed by atoms with van der Waals surface area (Å²) in [7, 11) is -10.3. The molecule has 0 spiro atoms. The van der Waals surface area contributed by atoms with E-state index in [1.165, 1.54) is 0 Å². The van der Waals surface area contributed by atoms with Crippen LogP contribution in [0.2, 0.25) is 0 Å². The fraction of sp³-hybridized carbons (Fsp3) is 0. The van der Waals surface area contributed by atoms with Crippen LogP contribution in [-0.2, 0) is 18.2 Å². The van der Waals surface area contributed by atoms with Crippen LogP contribution in [0.5, 0.6) is 0 Å². The van der Waals surface area contributed by atoms with Crippen LogP contribution < -0.4 is 59.1 Å². The van der Waals surface area contributed by atoms with Crippen LogP contribution in [0.25, 0.3) is 0 Å². The molecule has 0 atom stereocenters. The van der Waals surface area contributed by atoms with E-state index >= 15 is 0 Å². The van der Waals surface area contributed by atoms with Gasteiger partial charge < -0.3 is 17.6 Å². The molecule has 0 saturated carbocycles. The summed E-state index contributed by atoms with van der Waals surface area (Å²) in [6.45, 7) is 0. The van der Waals surface area contributed by atoms with Gasteiger partial charge in [-0.3, -0.25) is 19.6 Å². The summed E-state index contributed by atoms with van der Waals surface area (Å²) in [6, 6.07) is 0. The Bertz CT molecular complexity index is 263. The summed E-state index contributed by atoms with van der Waals surface area (Å²) in [5.41, 5.74) is 0. The van der Waals surface area contributed by atoms with Gasteiger partial charge in [-0.1, -0.05) is 0 Å². The van der Waals surface area contributed by atoms with Crippen molar-refractivity contribution in [2.75, 3.05) is 0 Å². The largest absolute Gasteiger partial charge is 2.00 e. The average molecular weight is 354 g/mol. The summed E-state index contributed by atoms with van der Waals surface area (Å²) >= 11 is 0. The summed E-state index contributed by atoms with van der Waals surface area (Å²) in [5, 5.41) is 0. The predicted octanol–water partition coefficient (Wildman–Crippen LogP) is -6.75. The van der Waals surface area contributed by atoms with Crippen molar-refractivity contribution in [1.82, 2.24) is 0 Å². The van der Waals surface area contributed by atoms with E-state index in [-0.39, 0.29) is 143 Å². The monoisotopic (exact) mass is 354 g/mol. The number of phosphoric acid groups is 2. The molecule has 0 aliphatic heterocycles. The number of hydrogen-bond donors (Lipinski definition) is 4. The van der Waals surface area contributed by atoms with Crippen molar-refractivity contribution in [3.63, 3.8) is 0 Å². The van der Waals surface area contributed by atoms with Gasteiger partial charge in [-0.25, -0.2) is 13.9 Å². The van der Waals surface area contributed by atoms with Gasteiger partial charge in [0.2, 0.25) is 0 Å². The van der Waals surface area contributed by atoms with Crippen LogP contribution in [0.15, 0.2) is 0 Å². The van der Waals surface area contributed by atoms with Gasteiger partial charge in [0.25, 0.3) is 0 Å². The molecule has 0 aliphatic carbocycles. The van der Waals surface area contributed by atoms with E-state index in [9.17, 15) is 13.9 Å². The Kier molecular flexibility index (Phi) is 28.2. The number of phosphoric ester groups is 2. The Morgan fingerprint density at radius 2 is 1.06 bits per heavy atom. The second-order valence-electron chi connectivity index (χ2n) is 1.41. The molecular weight excluding hydrogens is 344 g/mol. The normalized spacial score (nSPS) is 9.25. The predicted molar refractivity (Wildman–Crippen MR) is 49.8 cm³/mol. The first kappa shape index (κ1) is 32.2. The minimum absolute atomic E-state index is 0. The molecule has 84 valence electrons. The second kappa shape index (κ2) is 14.0. The topological polar surface area (TPSA) is 151 Å². The van der Waals surface area contributed by atoms with Gasteiger partial charge in [-0.2, -0.15) is 0 Å². The minimum atomic E-state index is -5.13. The van der Waals surface area contributed by atoms with E-state index in [0.29, 0.717) is 0 Å². The van der Waals surface area contributed by atoms with Crippen molar-refractivity contribution in [3.8, 4) is 0 Å². The molecule has 0 amide bonds. The molecule has 0 fully saturated rings. The smallest absolute Gasteiger partial charge is 1.00 e. The van der Waals surface area contributed by atoms with Crippen molar-refractivity contribution < 1.29 is 110 Å². The van der Waals surface area contributed by atoms with E-state index in [2.05, 4.69) is 9.05 Å². The Balaban J connectivity index is -0.0000000134. The molecule has 0 radical (unpaired) electrons. The third kappa shape index (κ3) is 26.6. The summed E-state index contributed by atoms with van der Waals surface area (Å²) in [6.07, 6.45) is -2.14. The molecular formula is CH10Ca2Na2O9P2. The zero-order valence-electron chi connectivity index (χ0n) is 14.6. The zero-order valence-corrected chi connectivity index (χ0v) is 18.8. The van der Waals surface area contributed by atoms with E-state index in [4.69, 9.17) is 19.6 Å². The van der Waals surface area contributed by atoms with Gasteiger partial charge in [0.15, 0.2) is 0 Å².